The second-order valence-corrected chi connectivity index (χ2v) is 5.26. The van der Waals surface area contributed by atoms with Gasteiger partial charge in [0.2, 0.25) is 0 Å². The Morgan fingerprint density at radius 3 is 2.47 bits per heavy atom. The van der Waals surface area contributed by atoms with Crippen LogP contribution in [0.1, 0.15) is 27.2 Å². The second-order valence-electron chi connectivity index (χ2n) is 5.26. The zero-order chi connectivity index (χ0) is 13.2. The Kier molecular flexibility index (Phi) is 3.85. The summed E-state index contributed by atoms with van der Waals surface area (Å²) in [5.74, 6) is 0. The number of likely N-dealkylation sites (tertiary alicyclic amines) is 1. The number of carbonyl (C=O) groups excluding carboxylic acids is 1. The Labute approximate surface area is 101 Å². The minimum atomic E-state index is -0.971. The monoisotopic (exact) mass is 244 g/mol. The third kappa shape index (κ3) is 3.80. The molecule has 1 atom stereocenters. The number of carboxylic acid groups (broad SMARTS) is 1. The molecule has 0 radical (unpaired) electrons. The predicted molar refractivity (Wildman–Crippen MR) is 62.0 cm³/mol. The molecule has 0 aromatic rings. The van der Waals surface area contributed by atoms with E-state index < -0.39 is 11.7 Å². The van der Waals surface area contributed by atoms with Crippen molar-refractivity contribution in [1.29, 1.82) is 0 Å². The molecule has 0 bridgehead atoms. The number of likely N-dealkylation sites (N-methyl/N-ethyl adjacent to an activating group) is 1. The summed E-state index contributed by atoms with van der Waals surface area (Å²) in [5.41, 5.74) is -0.520. The Morgan fingerprint density at radius 1 is 1.41 bits per heavy atom. The fraction of sp³-hybridized carbons (Fsp3) is 0.818. The Morgan fingerprint density at radius 2 is 2.00 bits per heavy atom. The maximum atomic E-state index is 11.7. The third-order valence-electron chi connectivity index (χ3n) is 2.66. The van der Waals surface area contributed by atoms with E-state index in [0.29, 0.717) is 19.5 Å². The van der Waals surface area contributed by atoms with Crippen molar-refractivity contribution in [1.82, 2.24) is 9.80 Å². The van der Waals surface area contributed by atoms with Gasteiger partial charge < -0.3 is 19.6 Å². The Hall–Kier alpha value is -1.46. The molecule has 2 amide bonds. The molecule has 1 saturated heterocycles. The summed E-state index contributed by atoms with van der Waals surface area (Å²) in [7, 11) is 1.52. The molecule has 1 aliphatic heterocycles. The standard InChI is InChI=1S/C11H20N2O4/c1-11(2,3)17-10(16)13-6-5-8(7-13)12(4)9(14)15/h8H,5-7H2,1-4H3,(H,14,15)/t8-/m1/s1. The fourth-order valence-corrected chi connectivity index (χ4v) is 1.71. The van der Waals surface area contributed by atoms with Crippen LogP contribution in [0.5, 0.6) is 0 Å². The van der Waals surface area contributed by atoms with Crippen molar-refractivity contribution in [3.63, 3.8) is 0 Å². The summed E-state index contributed by atoms with van der Waals surface area (Å²) < 4.78 is 5.23. The van der Waals surface area contributed by atoms with Crippen molar-refractivity contribution in [2.24, 2.45) is 0 Å². The van der Waals surface area contributed by atoms with Crippen molar-refractivity contribution in [3.05, 3.63) is 0 Å². The highest BCUT2D eigenvalue weighted by Crippen LogP contribution is 2.18. The summed E-state index contributed by atoms with van der Waals surface area (Å²) >= 11 is 0. The van der Waals surface area contributed by atoms with Crippen LogP contribution in [0.3, 0.4) is 0 Å². The maximum Gasteiger partial charge on any atom is 0.410 e. The highest BCUT2D eigenvalue weighted by molar-refractivity contribution is 5.69. The van der Waals surface area contributed by atoms with Gasteiger partial charge in [0, 0.05) is 20.1 Å². The van der Waals surface area contributed by atoms with Gasteiger partial charge in [-0.15, -0.1) is 0 Å². The molecule has 0 aromatic heterocycles. The molecule has 0 unspecified atom stereocenters. The first-order valence-electron chi connectivity index (χ1n) is 5.64. The molecule has 6 nitrogen and oxygen atoms in total. The molecule has 6 heteroatoms. The van der Waals surface area contributed by atoms with Gasteiger partial charge in [0.25, 0.3) is 0 Å². The van der Waals surface area contributed by atoms with Crippen LogP contribution < -0.4 is 0 Å². The van der Waals surface area contributed by atoms with Gasteiger partial charge in [0.05, 0.1) is 6.04 Å². The lowest BCUT2D eigenvalue weighted by atomic mass is 10.2. The van der Waals surface area contributed by atoms with Crippen LogP contribution in [-0.2, 0) is 4.74 Å². The summed E-state index contributed by atoms with van der Waals surface area (Å²) in [5, 5.41) is 8.84. The van der Waals surface area contributed by atoms with Gasteiger partial charge in [0.1, 0.15) is 5.60 Å². The molecule has 98 valence electrons. The van der Waals surface area contributed by atoms with Crippen LogP contribution in [0.15, 0.2) is 0 Å². The smallest absolute Gasteiger partial charge is 0.410 e. The highest BCUT2D eigenvalue weighted by Gasteiger charge is 2.33. The molecule has 0 aromatic carbocycles. The van der Waals surface area contributed by atoms with Crippen LogP contribution in [-0.4, -0.2) is 58.9 Å². The van der Waals surface area contributed by atoms with Crippen molar-refractivity contribution in [2.45, 2.75) is 38.8 Å². The first kappa shape index (κ1) is 13.6. The Bertz CT molecular complexity index is 311. The van der Waals surface area contributed by atoms with Crippen molar-refractivity contribution in [3.8, 4) is 0 Å². The quantitative estimate of drug-likeness (QED) is 0.760. The zero-order valence-electron chi connectivity index (χ0n) is 10.8. The summed E-state index contributed by atoms with van der Waals surface area (Å²) in [4.78, 5) is 25.3. The molecule has 0 saturated carbocycles. The van der Waals surface area contributed by atoms with Crippen molar-refractivity contribution < 1.29 is 19.4 Å². The van der Waals surface area contributed by atoms with Gasteiger partial charge in [-0.25, -0.2) is 9.59 Å². The predicted octanol–water partition coefficient (Wildman–Crippen LogP) is 1.61. The number of hydrogen-bond donors (Lipinski definition) is 1. The number of rotatable bonds is 1. The lowest BCUT2D eigenvalue weighted by Crippen LogP contribution is -2.40. The molecule has 17 heavy (non-hydrogen) atoms. The molecule has 0 aliphatic carbocycles. The third-order valence-corrected chi connectivity index (χ3v) is 2.66. The zero-order valence-corrected chi connectivity index (χ0v) is 10.8. The van der Waals surface area contributed by atoms with Crippen LogP contribution in [0.2, 0.25) is 0 Å². The van der Waals surface area contributed by atoms with Crippen LogP contribution in [0.4, 0.5) is 9.59 Å². The van der Waals surface area contributed by atoms with E-state index >= 15 is 0 Å². The summed E-state index contributed by atoms with van der Waals surface area (Å²) in [6, 6.07) is -0.139. The molecule has 1 rings (SSSR count). The summed E-state index contributed by atoms with van der Waals surface area (Å²) in [6.07, 6.45) is -0.693. The number of ether oxygens (including phenoxy) is 1. The summed E-state index contributed by atoms with van der Waals surface area (Å²) in [6.45, 7) is 6.36. The average molecular weight is 244 g/mol. The highest BCUT2D eigenvalue weighted by atomic mass is 16.6. The van der Waals surface area contributed by atoms with Gasteiger partial charge in [-0.3, -0.25) is 0 Å². The van der Waals surface area contributed by atoms with Gasteiger partial charge in [-0.05, 0) is 27.2 Å². The molecule has 1 fully saturated rings. The number of nitrogens with zero attached hydrogens (tertiary/aromatic N) is 2. The molecule has 1 heterocycles. The van der Waals surface area contributed by atoms with Gasteiger partial charge in [-0.1, -0.05) is 0 Å². The lowest BCUT2D eigenvalue weighted by Gasteiger charge is -2.25. The normalized spacial score (nSPS) is 20.2. The molecule has 1 aliphatic rings. The van der Waals surface area contributed by atoms with E-state index in [1.165, 1.54) is 11.9 Å². The first-order valence-corrected chi connectivity index (χ1v) is 5.64. The first-order chi connectivity index (χ1) is 7.70. The SMILES string of the molecule is CN(C(=O)O)[C@@H]1CCN(C(=O)OC(C)(C)C)C1. The van der Waals surface area contributed by atoms with E-state index in [1.807, 2.05) is 20.8 Å². The van der Waals surface area contributed by atoms with Gasteiger partial charge in [0.15, 0.2) is 0 Å². The van der Waals surface area contributed by atoms with Gasteiger partial charge >= 0.3 is 12.2 Å². The van der Waals surface area contributed by atoms with E-state index in [4.69, 9.17) is 9.84 Å². The van der Waals surface area contributed by atoms with Crippen LogP contribution >= 0.6 is 0 Å². The van der Waals surface area contributed by atoms with Crippen LogP contribution in [0.25, 0.3) is 0 Å². The largest absolute Gasteiger partial charge is 0.465 e. The number of hydrogen-bond acceptors (Lipinski definition) is 3. The van der Waals surface area contributed by atoms with E-state index in [9.17, 15) is 9.59 Å². The lowest BCUT2D eigenvalue weighted by molar-refractivity contribution is 0.0282. The van der Waals surface area contributed by atoms with Crippen LogP contribution in [0, 0.1) is 0 Å². The Balaban J connectivity index is 2.50. The van der Waals surface area contributed by atoms with E-state index in [0.717, 1.165) is 0 Å². The van der Waals surface area contributed by atoms with Crippen molar-refractivity contribution in [2.75, 3.05) is 20.1 Å². The number of amides is 2. The van der Waals surface area contributed by atoms with Crippen molar-refractivity contribution >= 4 is 12.2 Å². The second kappa shape index (κ2) is 4.81. The van der Waals surface area contributed by atoms with Gasteiger partial charge in [-0.2, -0.15) is 0 Å². The molecule has 0 spiro atoms. The molecule has 1 N–H and O–H groups in total. The topological polar surface area (TPSA) is 70.1 Å². The van der Waals surface area contributed by atoms with E-state index in [2.05, 4.69) is 0 Å². The number of carbonyl (C=O) groups is 2. The van der Waals surface area contributed by atoms with E-state index in [-0.39, 0.29) is 12.1 Å². The minimum Gasteiger partial charge on any atom is -0.465 e. The maximum absolute atomic E-state index is 11.7. The average Bonchev–Trinajstić information content (AvgIpc) is 2.62. The van der Waals surface area contributed by atoms with E-state index in [1.54, 1.807) is 4.90 Å². The molecular formula is C11H20N2O4. The minimum absolute atomic E-state index is 0.139. The fourth-order valence-electron chi connectivity index (χ4n) is 1.71. The molecular weight excluding hydrogens is 224 g/mol.